The van der Waals surface area contributed by atoms with Crippen LogP contribution in [0.5, 0.6) is 0 Å². The molecule has 1 unspecified atom stereocenters. The van der Waals surface area contributed by atoms with Crippen LogP contribution >= 0.6 is 0 Å². The second kappa shape index (κ2) is 8.86. The van der Waals surface area contributed by atoms with E-state index in [0.29, 0.717) is 12.6 Å². The molecule has 4 nitrogen and oxygen atoms in total. The highest BCUT2D eigenvalue weighted by Gasteiger charge is 2.21. The minimum absolute atomic E-state index is 0.336. The lowest BCUT2D eigenvalue weighted by molar-refractivity contribution is 0.0953. The molecule has 1 fully saturated rings. The fraction of sp³-hybridized carbons (Fsp3) is 1.00. The Morgan fingerprint density at radius 3 is 2.35 bits per heavy atom. The Bertz CT molecular complexity index is 178. The van der Waals surface area contributed by atoms with Gasteiger partial charge in [0.05, 0.1) is 0 Å². The molecule has 0 aromatic rings. The maximum atomic E-state index is 8.72. The molecule has 0 amide bonds. The van der Waals surface area contributed by atoms with Gasteiger partial charge in [0.15, 0.2) is 0 Å². The smallest absolute Gasteiger partial charge is 0.0431 e. The number of nitrogens with zero attached hydrogens (tertiary/aromatic N) is 2. The molecule has 0 aromatic carbocycles. The molecule has 0 spiro atoms. The highest BCUT2D eigenvalue weighted by molar-refractivity contribution is 4.78. The van der Waals surface area contributed by atoms with Crippen molar-refractivity contribution in [2.45, 2.75) is 38.6 Å². The zero-order valence-corrected chi connectivity index (χ0v) is 11.3. The van der Waals surface area contributed by atoms with Gasteiger partial charge in [-0.15, -0.1) is 0 Å². The van der Waals surface area contributed by atoms with Crippen LogP contribution in [-0.2, 0) is 0 Å². The Balaban J connectivity index is 2.12. The fourth-order valence-electron chi connectivity index (χ4n) is 2.55. The Labute approximate surface area is 106 Å². The van der Waals surface area contributed by atoms with Crippen molar-refractivity contribution in [1.29, 1.82) is 0 Å². The Morgan fingerprint density at radius 2 is 1.82 bits per heavy atom. The van der Waals surface area contributed by atoms with Crippen LogP contribution in [-0.4, -0.2) is 66.8 Å². The molecule has 0 radical (unpaired) electrons. The second-order valence-electron chi connectivity index (χ2n) is 4.96. The average Bonchev–Trinajstić information content (AvgIpc) is 2.38. The quantitative estimate of drug-likeness (QED) is 0.610. The third-order valence-corrected chi connectivity index (χ3v) is 3.80. The van der Waals surface area contributed by atoms with Crippen LogP contribution in [0, 0.1) is 0 Å². The van der Waals surface area contributed by atoms with E-state index in [9.17, 15) is 0 Å². The summed E-state index contributed by atoms with van der Waals surface area (Å²) < 4.78 is 0. The van der Waals surface area contributed by atoms with Crippen molar-refractivity contribution in [3.63, 3.8) is 0 Å². The average molecular weight is 243 g/mol. The first kappa shape index (κ1) is 14.9. The lowest BCUT2D eigenvalue weighted by Gasteiger charge is -2.38. The summed E-state index contributed by atoms with van der Waals surface area (Å²) in [5.41, 5.74) is 5.78. The van der Waals surface area contributed by atoms with Gasteiger partial charge in [-0.1, -0.05) is 6.92 Å². The summed E-state index contributed by atoms with van der Waals surface area (Å²) in [7, 11) is 0. The predicted molar refractivity (Wildman–Crippen MR) is 72.1 cm³/mol. The zero-order valence-electron chi connectivity index (χ0n) is 11.3. The number of aliphatic hydroxyl groups is 1. The van der Waals surface area contributed by atoms with E-state index in [1.54, 1.807) is 0 Å². The molecule has 4 heteroatoms. The van der Waals surface area contributed by atoms with E-state index >= 15 is 0 Å². The summed E-state index contributed by atoms with van der Waals surface area (Å²) in [6.45, 7) is 9.21. The highest BCUT2D eigenvalue weighted by atomic mass is 16.2. The third-order valence-electron chi connectivity index (χ3n) is 3.80. The molecule has 1 heterocycles. The van der Waals surface area contributed by atoms with E-state index in [1.807, 2.05) is 0 Å². The number of piperazine rings is 1. The number of hydrogen-bond donors (Lipinski definition) is 2. The zero-order chi connectivity index (χ0) is 12.5. The number of hydrogen-bond acceptors (Lipinski definition) is 4. The summed E-state index contributed by atoms with van der Waals surface area (Å²) >= 11 is 0. The van der Waals surface area contributed by atoms with E-state index < -0.39 is 0 Å². The number of unbranched alkanes of at least 4 members (excludes halogenated alkanes) is 2. The molecule has 0 aromatic heterocycles. The van der Waals surface area contributed by atoms with Crippen LogP contribution < -0.4 is 5.73 Å². The van der Waals surface area contributed by atoms with Crippen molar-refractivity contribution < 1.29 is 5.11 Å². The predicted octanol–water partition coefficient (Wildman–Crippen LogP) is 0.504. The summed E-state index contributed by atoms with van der Waals surface area (Å²) in [5.74, 6) is 0. The summed E-state index contributed by atoms with van der Waals surface area (Å²) in [4.78, 5) is 5.07. The first-order chi connectivity index (χ1) is 8.31. The Morgan fingerprint density at radius 1 is 1.12 bits per heavy atom. The van der Waals surface area contributed by atoms with E-state index in [-0.39, 0.29) is 0 Å². The van der Waals surface area contributed by atoms with E-state index in [0.717, 1.165) is 38.9 Å². The highest BCUT2D eigenvalue weighted by Crippen LogP contribution is 2.09. The van der Waals surface area contributed by atoms with Gasteiger partial charge in [-0.2, -0.15) is 0 Å². The summed E-state index contributed by atoms with van der Waals surface area (Å²) in [6.07, 6.45) is 4.48. The topological polar surface area (TPSA) is 52.7 Å². The Kier molecular flexibility index (Phi) is 7.77. The van der Waals surface area contributed by atoms with E-state index in [4.69, 9.17) is 10.8 Å². The van der Waals surface area contributed by atoms with Crippen LogP contribution in [0.4, 0.5) is 0 Å². The van der Waals surface area contributed by atoms with Crippen LogP contribution in [0.25, 0.3) is 0 Å². The standard InChI is InChI=1S/C13H29N3O/c1-2-13(12-14)16-9-7-15(8-10-16)6-4-3-5-11-17/h13,17H,2-12,14H2,1H3. The first-order valence-corrected chi connectivity index (χ1v) is 7.09. The molecule has 0 aliphatic carbocycles. The molecular formula is C13H29N3O. The molecule has 1 rings (SSSR count). The lowest BCUT2D eigenvalue weighted by atomic mass is 10.1. The summed E-state index contributed by atoms with van der Waals surface area (Å²) in [5, 5.41) is 8.72. The minimum atomic E-state index is 0.336. The van der Waals surface area contributed by atoms with Crippen molar-refractivity contribution in [3.05, 3.63) is 0 Å². The van der Waals surface area contributed by atoms with Gasteiger partial charge in [-0.05, 0) is 32.2 Å². The monoisotopic (exact) mass is 243 g/mol. The molecular weight excluding hydrogens is 214 g/mol. The number of rotatable bonds is 8. The third kappa shape index (κ3) is 5.34. The minimum Gasteiger partial charge on any atom is -0.396 e. The van der Waals surface area contributed by atoms with Crippen molar-refractivity contribution in [2.75, 3.05) is 45.9 Å². The largest absolute Gasteiger partial charge is 0.396 e. The molecule has 1 aliphatic rings. The molecule has 17 heavy (non-hydrogen) atoms. The van der Waals surface area contributed by atoms with Crippen molar-refractivity contribution in [3.8, 4) is 0 Å². The molecule has 1 saturated heterocycles. The van der Waals surface area contributed by atoms with Gasteiger partial charge >= 0.3 is 0 Å². The SMILES string of the molecule is CCC(CN)N1CCN(CCCCCO)CC1. The van der Waals surface area contributed by atoms with Crippen LogP contribution in [0.3, 0.4) is 0 Å². The molecule has 1 atom stereocenters. The van der Waals surface area contributed by atoms with Crippen molar-refractivity contribution in [1.82, 2.24) is 9.80 Å². The van der Waals surface area contributed by atoms with Gasteiger partial charge in [0.2, 0.25) is 0 Å². The van der Waals surface area contributed by atoms with E-state index in [1.165, 1.54) is 26.1 Å². The summed E-state index contributed by atoms with van der Waals surface area (Å²) in [6, 6.07) is 0.575. The maximum Gasteiger partial charge on any atom is 0.0431 e. The molecule has 102 valence electrons. The first-order valence-electron chi connectivity index (χ1n) is 7.09. The molecule has 0 saturated carbocycles. The lowest BCUT2D eigenvalue weighted by Crippen LogP contribution is -2.52. The number of aliphatic hydroxyl groups excluding tert-OH is 1. The van der Waals surface area contributed by atoms with Crippen LogP contribution in [0.1, 0.15) is 32.6 Å². The van der Waals surface area contributed by atoms with Gasteiger partial charge in [-0.3, -0.25) is 4.90 Å². The van der Waals surface area contributed by atoms with Gasteiger partial charge < -0.3 is 15.7 Å². The second-order valence-corrected chi connectivity index (χ2v) is 4.96. The van der Waals surface area contributed by atoms with Gasteiger partial charge in [0.25, 0.3) is 0 Å². The van der Waals surface area contributed by atoms with Gasteiger partial charge in [-0.25, -0.2) is 0 Å². The van der Waals surface area contributed by atoms with Crippen molar-refractivity contribution in [2.24, 2.45) is 5.73 Å². The molecule has 3 N–H and O–H groups in total. The molecule has 0 bridgehead atoms. The van der Waals surface area contributed by atoms with Gasteiger partial charge in [0.1, 0.15) is 0 Å². The van der Waals surface area contributed by atoms with Crippen LogP contribution in [0.2, 0.25) is 0 Å². The maximum absolute atomic E-state index is 8.72. The molecule has 1 aliphatic heterocycles. The van der Waals surface area contributed by atoms with E-state index in [2.05, 4.69) is 16.7 Å². The van der Waals surface area contributed by atoms with Gasteiger partial charge in [0, 0.05) is 45.4 Å². The number of nitrogens with two attached hydrogens (primary N) is 1. The van der Waals surface area contributed by atoms with Crippen molar-refractivity contribution >= 4 is 0 Å². The Hall–Kier alpha value is -0.160. The normalized spacial score (nSPS) is 20.6. The van der Waals surface area contributed by atoms with Crippen LogP contribution in [0.15, 0.2) is 0 Å². The fourth-order valence-corrected chi connectivity index (χ4v) is 2.55.